The zero-order valence-corrected chi connectivity index (χ0v) is 16.7. The monoisotopic (exact) mass is 400 g/mol. The molecule has 0 N–H and O–H groups in total. The van der Waals surface area contributed by atoms with E-state index in [1.807, 2.05) is 76.3 Å². The minimum absolute atomic E-state index is 0. The standard InChI is InChI=1S/C17H8N8.2C2H6.CH4/c1-2-10-19-12-5-6-14-21-16-8-7-15-20-13-4-3-11-18-9(1)22(10)17(23(11)13,24(12)14)25(15)16;2*1-2;/h1-8H;2*1-2H3;1H4/q+2;;;. The van der Waals surface area contributed by atoms with Gasteiger partial charge >= 0.3 is 5.91 Å². The van der Waals surface area contributed by atoms with Gasteiger partial charge in [-0.25, -0.2) is 14.1 Å². The molecule has 0 radical (unpaired) electrons. The van der Waals surface area contributed by atoms with Crippen LogP contribution in [0.25, 0.3) is 0 Å². The van der Waals surface area contributed by atoms with Gasteiger partial charge in [-0.2, -0.15) is 0 Å². The highest BCUT2D eigenvalue weighted by molar-refractivity contribution is 6.15. The van der Waals surface area contributed by atoms with Gasteiger partial charge in [0.15, 0.2) is 0 Å². The van der Waals surface area contributed by atoms with Crippen LogP contribution in [-0.4, -0.2) is 41.6 Å². The fourth-order valence-corrected chi connectivity index (χ4v) is 4.66. The highest BCUT2D eigenvalue weighted by Crippen LogP contribution is 2.43. The highest BCUT2D eigenvalue weighted by atomic mass is 15.7. The Morgan fingerprint density at radius 1 is 0.633 bits per heavy atom. The summed E-state index contributed by atoms with van der Waals surface area (Å²) >= 11 is 0. The van der Waals surface area contributed by atoms with Crippen LogP contribution in [-0.2, 0) is 5.91 Å². The first-order chi connectivity index (χ1) is 14.4. The minimum atomic E-state index is -0.683. The minimum Gasteiger partial charge on any atom is -0.212 e. The second kappa shape index (κ2) is 5.91. The molecule has 30 heavy (non-hydrogen) atoms. The van der Waals surface area contributed by atoms with Crippen LogP contribution in [0.2, 0.25) is 0 Å². The van der Waals surface area contributed by atoms with E-state index in [0.29, 0.717) is 0 Å². The predicted octanol–water partition coefficient (Wildman–Crippen LogP) is 2.41. The Bertz CT molecular complexity index is 1430. The maximum absolute atomic E-state index is 4.82. The maximum Gasteiger partial charge on any atom is 0.402 e. The van der Waals surface area contributed by atoms with Gasteiger partial charge in [-0.1, -0.05) is 50.1 Å². The molecule has 6 aliphatic rings. The van der Waals surface area contributed by atoms with E-state index in [1.54, 1.807) is 0 Å². The largest absolute Gasteiger partial charge is 0.402 e. The molecule has 0 saturated carbocycles. The molecule has 2 aromatic heterocycles. The Balaban J connectivity index is 0.000000367. The van der Waals surface area contributed by atoms with E-state index >= 15 is 0 Å². The summed E-state index contributed by atoms with van der Waals surface area (Å²) in [4.78, 5) is 19.3. The van der Waals surface area contributed by atoms with E-state index in [0.717, 1.165) is 46.0 Å². The molecule has 8 nitrogen and oxygen atoms in total. The zero-order valence-electron chi connectivity index (χ0n) is 16.7. The van der Waals surface area contributed by atoms with Crippen molar-refractivity contribution >= 4 is 35.0 Å². The molecule has 150 valence electrons. The van der Waals surface area contributed by atoms with Gasteiger partial charge in [-0.15, -0.1) is 9.15 Å². The van der Waals surface area contributed by atoms with Gasteiger partial charge in [0.05, 0.1) is 0 Å². The molecule has 0 amide bonds. The van der Waals surface area contributed by atoms with Crippen molar-refractivity contribution in [3.05, 3.63) is 59.5 Å². The quantitative estimate of drug-likeness (QED) is 0.610. The lowest BCUT2D eigenvalue weighted by Gasteiger charge is -2.41. The number of hydrogen-bond donors (Lipinski definition) is 0. The topological polar surface area (TPSA) is 65.3 Å². The van der Waals surface area contributed by atoms with Crippen LogP contribution < -0.4 is 11.0 Å². The van der Waals surface area contributed by atoms with Crippen molar-refractivity contribution in [1.29, 1.82) is 0 Å². The van der Waals surface area contributed by atoms with Crippen molar-refractivity contribution in [2.75, 3.05) is 0 Å². The molecule has 1 atom stereocenters. The summed E-state index contributed by atoms with van der Waals surface area (Å²) in [6.45, 7) is 8.00. The van der Waals surface area contributed by atoms with Gasteiger partial charge in [0.1, 0.15) is 11.3 Å². The van der Waals surface area contributed by atoms with E-state index in [9.17, 15) is 0 Å². The molecule has 0 aliphatic carbocycles. The van der Waals surface area contributed by atoms with Gasteiger partial charge in [0.25, 0.3) is 23.3 Å². The van der Waals surface area contributed by atoms with Crippen molar-refractivity contribution < 1.29 is 9.15 Å². The third-order valence-corrected chi connectivity index (χ3v) is 5.48. The van der Waals surface area contributed by atoms with Crippen molar-refractivity contribution in [1.82, 2.24) is 9.13 Å². The molecule has 0 aromatic carbocycles. The molecule has 8 heteroatoms. The molecule has 1 unspecified atom stereocenters. The average Bonchev–Trinajstić information content (AvgIpc) is 3.55. The summed E-state index contributed by atoms with van der Waals surface area (Å²) in [5.41, 5.74) is 1.77. The van der Waals surface area contributed by atoms with Crippen molar-refractivity contribution in [2.45, 2.75) is 41.0 Å². The van der Waals surface area contributed by atoms with Crippen LogP contribution >= 0.6 is 0 Å². The molecule has 0 saturated heterocycles. The number of rotatable bonds is 0. The third-order valence-electron chi connectivity index (χ3n) is 5.48. The molecular formula is C22H24N8+2. The van der Waals surface area contributed by atoms with Gasteiger partial charge in [0, 0.05) is 36.4 Å². The summed E-state index contributed by atoms with van der Waals surface area (Å²) in [5, 5.41) is 0. The number of amidine groups is 4. The van der Waals surface area contributed by atoms with Gasteiger partial charge in [0.2, 0.25) is 11.3 Å². The van der Waals surface area contributed by atoms with Crippen molar-refractivity contribution in [2.24, 2.45) is 20.0 Å². The van der Waals surface area contributed by atoms with Crippen LogP contribution in [0, 0.1) is 0 Å². The van der Waals surface area contributed by atoms with Gasteiger partial charge in [-0.3, -0.25) is 0 Å². The Labute approximate surface area is 174 Å². The van der Waals surface area contributed by atoms with Gasteiger partial charge < -0.3 is 0 Å². The first kappa shape index (κ1) is 18.4. The highest BCUT2D eigenvalue weighted by Gasteiger charge is 2.64. The molecule has 0 bridgehead atoms. The third kappa shape index (κ3) is 1.70. The SMILES string of the molecule is C.C1=CC2=[N+]3C1=NC1=[N+]4C(=Nc5ccc6n5C43n3c(ccc3=N6)=N2)C=C1.CC.CC. The van der Waals surface area contributed by atoms with Crippen molar-refractivity contribution in [3.63, 3.8) is 0 Å². The van der Waals surface area contributed by atoms with E-state index in [4.69, 9.17) is 20.0 Å². The maximum atomic E-state index is 4.82. The van der Waals surface area contributed by atoms with E-state index < -0.39 is 5.91 Å². The van der Waals surface area contributed by atoms with E-state index in [2.05, 4.69) is 18.3 Å². The Morgan fingerprint density at radius 3 is 1.83 bits per heavy atom. The second-order valence-corrected chi connectivity index (χ2v) is 6.59. The summed E-state index contributed by atoms with van der Waals surface area (Å²) in [7, 11) is 0. The lowest BCUT2D eigenvalue weighted by molar-refractivity contribution is -0.791. The van der Waals surface area contributed by atoms with E-state index in [1.165, 1.54) is 0 Å². The molecule has 2 aromatic rings. The summed E-state index contributed by atoms with van der Waals surface area (Å²) < 4.78 is 8.71. The lowest BCUT2D eigenvalue weighted by atomic mass is 10.3. The summed E-state index contributed by atoms with van der Waals surface area (Å²) in [6.07, 6.45) is 8.10. The molecule has 6 aliphatic heterocycles. The number of aliphatic imine (C=N–C) groups is 2. The van der Waals surface area contributed by atoms with Crippen LogP contribution in [0.3, 0.4) is 0 Å². The molecule has 1 spiro atoms. The van der Waals surface area contributed by atoms with Crippen LogP contribution in [0.1, 0.15) is 35.1 Å². The number of nitrogens with zero attached hydrogens (tertiary/aromatic N) is 8. The average molecular weight is 400 g/mol. The van der Waals surface area contributed by atoms with Crippen LogP contribution in [0.15, 0.2) is 68.5 Å². The predicted molar refractivity (Wildman–Crippen MR) is 117 cm³/mol. The lowest BCUT2D eigenvalue weighted by Crippen LogP contribution is -2.71. The second-order valence-electron chi connectivity index (χ2n) is 6.59. The van der Waals surface area contributed by atoms with E-state index in [-0.39, 0.29) is 7.43 Å². The Hall–Kier alpha value is -3.68. The Morgan fingerprint density at radius 2 is 1.17 bits per heavy atom. The number of aromatic nitrogens is 2. The Kier molecular flexibility index (Phi) is 3.62. The van der Waals surface area contributed by atoms with Crippen LogP contribution in [0.5, 0.6) is 0 Å². The van der Waals surface area contributed by atoms with Crippen LogP contribution in [0.4, 0.5) is 11.6 Å². The molecule has 0 fully saturated rings. The first-order valence-electron chi connectivity index (χ1n) is 10.1. The number of hydrogen-bond acceptors (Lipinski definition) is 4. The fourth-order valence-electron chi connectivity index (χ4n) is 4.66. The molecular weight excluding hydrogens is 376 g/mol. The summed E-state index contributed by atoms with van der Waals surface area (Å²) in [5.74, 6) is 4.63. The fraction of sp³-hybridized carbons (Fsp3) is 0.273. The zero-order chi connectivity index (χ0) is 19.9. The normalized spacial score (nSPS) is 22.9. The summed E-state index contributed by atoms with van der Waals surface area (Å²) in [6, 6.07) is 8.10. The first-order valence-corrected chi connectivity index (χ1v) is 10.1. The smallest absolute Gasteiger partial charge is 0.212 e. The molecule has 8 rings (SSSR count). The molecule has 8 heterocycles. The van der Waals surface area contributed by atoms with Gasteiger partial charge in [-0.05, 0) is 12.1 Å². The van der Waals surface area contributed by atoms with Crippen molar-refractivity contribution in [3.8, 4) is 0 Å².